The van der Waals surface area contributed by atoms with E-state index in [-0.39, 0.29) is 30.7 Å². The first-order chi connectivity index (χ1) is 12.4. The summed E-state index contributed by atoms with van der Waals surface area (Å²) in [6, 6.07) is 9.23. The number of urea groups is 1. The van der Waals surface area contributed by atoms with E-state index < -0.39 is 12.1 Å². The number of likely N-dealkylation sites (N-methyl/N-ethyl adjacent to an activating group) is 1. The van der Waals surface area contributed by atoms with Crippen molar-refractivity contribution in [3.63, 3.8) is 0 Å². The highest BCUT2D eigenvalue weighted by Crippen LogP contribution is 2.25. The Morgan fingerprint density at radius 1 is 1.27 bits per heavy atom. The van der Waals surface area contributed by atoms with E-state index in [9.17, 15) is 14.7 Å². The molecule has 4 N–H and O–H groups in total. The molecule has 144 valence electrons. The number of aliphatic hydroxyl groups excluding tert-OH is 1. The van der Waals surface area contributed by atoms with Crippen LogP contribution >= 0.6 is 0 Å². The molecule has 0 radical (unpaired) electrons. The van der Waals surface area contributed by atoms with Crippen LogP contribution in [0.5, 0.6) is 0 Å². The van der Waals surface area contributed by atoms with Crippen LogP contribution in [-0.4, -0.2) is 64.4 Å². The SMILES string of the molecule is CCN(CC(=O)O)C1CC(NC(=O)NC(C)C(O)Cc2ccccc2)C1. The Morgan fingerprint density at radius 2 is 1.92 bits per heavy atom. The number of carbonyl (C=O) groups is 2. The number of carbonyl (C=O) groups excluding carboxylic acids is 1. The summed E-state index contributed by atoms with van der Waals surface area (Å²) >= 11 is 0. The van der Waals surface area contributed by atoms with Crippen LogP contribution < -0.4 is 10.6 Å². The van der Waals surface area contributed by atoms with Crippen molar-refractivity contribution in [1.29, 1.82) is 0 Å². The minimum absolute atomic E-state index is 0.0306. The zero-order valence-corrected chi connectivity index (χ0v) is 15.4. The third kappa shape index (κ3) is 6.00. The van der Waals surface area contributed by atoms with Crippen molar-refractivity contribution >= 4 is 12.0 Å². The zero-order chi connectivity index (χ0) is 19.1. The molecule has 0 aliphatic heterocycles. The fourth-order valence-corrected chi connectivity index (χ4v) is 3.24. The van der Waals surface area contributed by atoms with Crippen molar-refractivity contribution in [2.45, 2.75) is 57.3 Å². The van der Waals surface area contributed by atoms with Gasteiger partial charge in [-0.1, -0.05) is 37.3 Å². The summed E-state index contributed by atoms with van der Waals surface area (Å²) in [5.74, 6) is -0.831. The first kappa shape index (κ1) is 20.2. The summed E-state index contributed by atoms with van der Waals surface area (Å²) in [4.78, 5) is 24.8. The lowest BCUT2D eigenvalue weighted by molar-refractivity contribution is -0.139. The second-order valence-electron chi connectivity index (χ2n) is 6.94. The molecule has 0 bridgehead atoms. The van der Waals surface area contributed by atoms with Crippen molar-refractivity contribution < 1.29 is 19.8 Å². The van der Waals surface area contributed by atoms with Gasteiger partial charge in [-0.25, -0.2) is 4.79 Å². The first-order valence-electron chi connectivity index (χ1n) is 9.13. The number of carboxylic acids is 1. The average Bonchev–Trinajstić information content (AvgIpc) is 2.56. The molecular formula is C19H29N3O4. The van der Waals surface area contributed by atoms with E-state index >= 15 is 0 Å². The molecule has 2 rings (SSSR count). The largest absolute Gasteiger partial charge is 0.480 e. The summed E-state index contributed by atoms with van der Waals surface area (Å²) in [6.45, 7) is 4.43. The number of hydrogen-bond donors (Lipinski definition) is 4. The molecule has 2 unspecified atom stereocenters. The van der Waals surface area contributed by atoms with Crippen LogP contribution in [0.15, 0.2) is 30.3 Å². The highest BCUT2D eigenvalue weighted by atomic mass is 16.4. The second-order valence-corrected chi connectivity index (χ2v) is 6.94. The predicted molar refractivity (Wildman–Crippen MR) is 99.0 cm³/mol. The summed E-state index contributed by atoms with van der Waals surface area (Å²) in [7, 11) is 0. The maximum Gasteiger partial charge on any atom is 0.317 e. The molecule has 2 atom stereocenters. The molecule has 1 aliphatic carbocycles. The average molecular weight is 363 g/mol. The first-order valence-corrected chi connectivity index (χ1v) is 9.13. The number of benzene rings is 1. The second kappa shape index (κ2) is 9.54. The molecule has 1 aromatic carbocycles. The smallest absolute Gasteiger partial charge is 0.317 e. The van der Waals surface area contributed by atoms with Crippen LogP contribution in [0.3, 0.4) is 0 Å². The fourth-order valence-electron chi connectivity index (χ4n) is 3.24. The van der Waals surface area contributed by atoms with E-state index in [2.05, 4.69) is 10.6 Å². The Kier molecular flexibility index (Phi) is 7.41. The molecule has 0 saturated heterocycles. The van der Waals surface area contributed by atoms with Crippen LogP contribution in [0.1, 0.15) is 32.3 Å². The lowest BCUT2D eigenvalue weighted by atomic mass is 9.85. The Bertz CT molecular complexity index is 590. The number of amides is 2. The van der Waals surface area contributed by atoms with Crippen LogP contribution in [0, 0.1) is 0 Å². The van der Waals surface area contributed by atoms with Gasteiger partial charge in [0.2, 0.25) is 0 Å². The third-order valence-electron chi connectivity index (χ3n) is 4.93. The van der Waals surface area contributed by atoms with E-state index in [1.807, 2.05) is 42.2 Å². The van der Waals surface area contributed by atoms with Gasteiger partial charge in [-0.15, -0.1) is 0 Å². The predicted octanol–water partition coefficient (Wildman–Crippen LogP) is 1.22. The number of nitrogens with zero attached hydrogens (tertiary/aromatic N) is 1. The van der Waals surface area contributed by atoms with Gasteiger partial charge in [-0.2, -0.15) is 0 Å². The van der Waals surface area contributed by atoms with Crippen molar-refractivity contribution in [3.05, 3.63) is 35.9 Å². The molecule has 1 fully saturated rings. The van der Waals surface area contributed by atoms with Gasteiger partial charge >= 0.3 is 12.0 Å². The van der Waals surface area contributed by atoms with E-state index in [1.165, 1.54) is 0 Å². The van der Waals surface area contributed by atoms with Crippen molar-refractivity contribution in [2.75, 3.05) is 13.1 Å². The fraction of sp³-hybridized carbons (Fsp3) is 0.579. The minimum Gasteiger partial charge on any atom is -0.480 e. The highest BCUT2D eigenvalue weighted by Gasteiger charge is 2.34. The molecule has 1 saturated carbocycles. The molecule has 1 aromatic rings. The number of aliphatic hydroxyl groups is 1. The van der Waals surface area contributed by atoms with Gasteiger partial charge in [0.1, 0.15) is 0 Å². The normalized spacial score (nSPS) is 21.5. The molecule has 0 heterocycles. The number of rotatable bonds is 9. The summed E-state index contributed by atoms with van der Waals surface area (Å²) in [5.41, 5.74) is 1.02. The topological polar surface area (TPSA) is 102 Å². The number of aliphatic carboxylic acids is 1. The minimum atomic E-state index is -0.831. The van der Waals surface area contributed by atoms with Gasteiger partial charge < -0.3 is 20.8 Å². The number of carboxylic acid groups (broad SMARTS) is 1. The highest BCUT2D eigenvalue weighted by molar-refractivity contribution is 5.74. The Balaban J connectivity index is 1.69. The summed E-state index contributed by atoms with van der Waals surface area (Å²) < 4.78 is 0. The lowest BCUT2D eigenvalue weighted by Crippen LogP contribution is -2.57. The monoisotopic (exact) mass is 363 g/mol. The maximum atomic E-state index is 12.1. The Labute approximate surface area is 154 Å². The molecule has 2 amide bonds. The summed E-state index contributed by atoms with van der Waals surface area (Å²) in [6.07, 6.45) is 1.31. The molecule has 7 nitrogen and oxygen atoms in total. The standard InChI is InChI=1S/C19H29N3O4/c1-3-22(12-18(24)25)16-10-15(11-16)21-19(26)20-13(2)17(23)9-14-7-5-4-6-8-14/h4-8,13,15-17,23H,3,9-12H2,1-2H3,(H,24,25)(H2,20,21,26). The quantitative estimate of drug-likeness (QED) is 0.528. The Morgan fingerprint density at radius 3 is 2.50 bits per heavy atom. The van der Waals surface area contributed by atoms with Gasteiger partial charge in [-0.3, -0.25) is 9.69 Å². The van der Waals surface area contributed by atoms with Crippen molar-refractivity contribution in [2.24, 2.45) is 0 Å². The van der Waals surface area contributed by atoms with E-state index in [1.54, 1.807) is 6.92 Å². The van der Waals surface area contributed by atoms with Crippen LogP contribution in [0.2, 0.25) is 0 Å². The molecule has 26 heavy (non-hydrogen) atoms. The third-order valence-corrected chi connectivity index (χ3v) is 4.93. The molecule has 7 heteroatoms. The van der Waals surface area contributed by atoms with Crippen molar-refractivity contribution in [3.8, 4) is 0 Å². The van der Waals surface area contributed by atoms with Gasteiger partial charge in [0, 0.05) is 18.5 Å². The number of hydrogen-bond acceptors (Lipinski definition) is 4. The number of nitrogens with one attached hydrogen (secondary N) is 2. The lowest BCUT2D eigenvalue weighted by Gasteiger charge is -2.42. The Hall–Kier alpha value is -2.12. The van der Waals surface area contributed by atoms with Gasteiger partial charge in [0.05, 0.1) is 18.7 Å². The molecule has 0 aromatic heterocycles. The molecule has 1 aliphatic rings. The van der Waals surface area contributed by atoms with Crippen molar-refractivity contribution in [1.82, 2.24) is 15.5 Å². The molecule has 0 spiro atoms. The van der Waals surface area contributed by atoms with E-state index in [0.29, 0.717) is 13.0 Å². The van der Waals surface area contributed by atoms with E-state index in [4.69, 9.17) is 5.11 Å². The van der Waals surface area contributed by atoms with Gasteiger partial charge in [0.15, 0.2) is 0 Å². The van der Waals surface area contributed by atoms with Gasteiger partial charge in [0.25, 0.3) is 0 Å². The molecular weight excluding hydrogens is 334 g/mol. The maximum absolute atomic E-state index is 12.1. The van der Waals surface area contributed by atoms with Gasteiger partial charge in [-0.05, 0) is 31.9 Å². The van der Waals surface area contributed by atoms with E-state index in [0.717, 1.165) is 18.4 Å². The summed E-state index contributed by atoms with van der Waals surface area (Å²) in [5, 5.41) is 24.8. The van der Waals surface area contributed by atoms with Crippen LogP contribution in [-0.2, 0) is 11.2 Å². The van der Waals surface area contributed by atoms with Crippen LogP contribution in [0.4, 0.5) is 4.79 Å². The van der Waals surface area contributed by atoms with Crippen LogP contribution in [0.25, 0.3) is 0 Å². The zero-order valence-electron chi connectivity index (χ0n) is 15.4.